The summed E-state index contributed by atoms with van der Waals surface area (Å²) in [5, 5.41) is 12.1. The second kappa shape index (κ2) is 9.15. The number of ether oxygens (including phenoxy) is 2. The molecule has 29 heavy (non-hydrogen) atoms. The summed E-state index contributed by atoms with van der Waals surface area (Å²) in [5.74, 6) is -1.02. The number of rotatable bonds is 5. The van der Waals surface area contributed by atoms with Gasteiger partial charge in [-0.2, -0.15) is 0 Å². The van der Waals surface area contributed by atoms with Crippen LogP contribution in [0.15, 0.2) is 30.3 Å². The van der Waals surface area contributed by atoms with E-state index in [4.69, 9.17) is 9.47 Å². The topological polar surface area (TPSA) is 105 Å². The number of nitrogens with one attached hydrogen (secondary N) is 1. The third-order valence-corrected chi connectivity index (χ3v) is 4.75. The average Bonchev–Trinajstić information content (AvgIpc) is 2.58. The molecule has 8 heteroatoms. The molecule has 2 amide bonds. The Hall–Kier alpha value is -2.77. The van der Waals surface area contributed by atoms with E-state index in [-0.39, 0.29) is 25.6 Å². The Morgan fingerprint density at radius 3 is 2.45 bits per heavy atom. The Morgan fingerprint density at radius 2 is 1.90 bits per heavy atom. The van der Waals surface area contributed by atoms with Crippen LogP contribution in [-0.4, -0.2) is 51.9 Å². The van der Waals surface area contributed by atoms with E-state index >= 15 is 0 Å². The predicted molar refractivity (Wildman–Crippen MR) is 106 cm³/mol. The normalized spacial score (nSPS) is 21.9. The highest BCUT2D eigenvalue weighted by Crippen LogP contribution is 2.31. The van der Waals surface area contributed by atoms with E-state index in [1.807, 2.05) is 37.3 Å². The molecule has 1 aromatic rings. The summed E-state index contributed by atoms with van der Waals surface area (Å²) in [6.07, 6.45) is -0.781. The Morgan fingerprint density at radius 1 is 1.24 bits per heavy atom. The van der Waals surface area contributed by atoms with Crippen LogP contribution in [0.3, 0.4) is 0 Å². The first-order valence-electron chi connectivity index (χ1n) is 9.70. The summed E-state index contributed by atoms with van der Waals surface area (Å²) in [4.78, 5) is 37.8. The molecule has 0 aromatic heterocycles. The van der Waals surface area contributed by atoms with Crippen LogP contribution >= 0.6 is 0 Å². The van der Waals surface area contributed by atoms with Gasteiger partial charge in [0.25, 0.3) is 0 Å². The molecule has 2 unspecified atom stereocenters. The zero-order valence-electron chi connectivity index (χ0n) is 17.4. The number of carboxylic acids is 1. The highest BCUT2D eigenvalue weighted by molar-refractivity contribution is 5.73. The largest absolute Gasteiger partial charge is 0.481 e. The van der Waals surface area contributed by atoms with Crippen LogP contribution in [0.25, 0.3) is 0 Å². The van der Waals surface area contributed by atoms with E-state index in [0.29, 0.717) is 12.8 Å². The van der Waals surface area contributed by atoms with Crippen molar-refractivity contribution in [2.75, 3.05) is 6.54 Å². The molecule has 1 aromatic carbocycles. The second-order valence-corrected chi connectivity index (χ2v) is 8.51. The van der Waals surface area contributed by atoms with Crippen LogP contribution in [-0.2, 0) is 20.9 Å². The number of hydrogen-bond acceptors (Lipinski definition) is 5. The quantitative estimate of drug-likeness (QED) is 0.775. The minimum atomic E-state index is -1.02. The maximum Gasteiger partial charge on any atom is 0.410 e. The molecule has 8 nitrogen and oxygen atoms in total. The number of aliphatic carboxylic acids is 1. The first kappa shape index (κ1) is 22.5. The lowest BCUT2D eigenvalue weighted by molar-refractivity contribution is -0.139. The molecule has 0 bridgehead atoms. The highest BCUT2D eigenvalue weighted by Gasteiger charge is 2.43. The Kier molecular flexibility index (Phi) is 7.11. The maximum absolute atomic E-state index is 12.4. The Labute approximate surface area is 171 Å². The van der Waals surface area contributed by atoms with Gasteiger partial charge in [0.15, 0.2) is 0 Å². The fourth-order valence-electron chi connectivity index (χ4n) is 3.51. The van der Waals surface area contributed by atoms with Gasteiger partial charge in [0.2, 0.25) is 0 Å². The van der Waals surface area contributed by atoms with E-state index in [2.05, 4.69) is 5.32 Å². The molecule has 1 aliphatic heterocycles. The average molecular weight is 406 g/mol. The van der Waals surface area contributed by atoms with Gasteiger partial charge in [0, 0.05) is 12.6 Å². The minimum absolute atomic E-state index is 0.0927. The van der Waals surface area contributed by atoms with Crippen LogP contribution in [0.2, 0.25) is 0 Å². The molecule has 1 fully saturated rings. The zero-order valence-corrected chi connectivity index (χ0v) is 17.4. The molecular formula is C21H30N2O6. The van der Waals surface area contributed by atoms with Crippen LogP contribution in [0, 0.1) is 0 Å². The van der Waals surface area contributed by atoms with Crippen molar-refractivity contribution in [2.24, 2.45) is 0 Å². The first-order valence-corrected chi connectivity index (χ1v) is 9.70. The highest BCUT2D eigenvalue weighted by atomic mass is 16.6. The molecule has 2 atom stereocenters. The standard InChI is InChI=1S/C21H30N2O6/c1-15-12-21(13-17(24)25,10-11-23(15)19(27)29-20(2,3)4)22-18(26)28-14-16-8-6-5-7-9-16/h5-9,15H,10-14H2,1-4H3,(H,22,26)(H,24,25). The predicted octanol–water partition coefficient (Wildman–Crippen LogP) is 3.55. The van der Waals surface area contributed by atoms with Crippen LogP contribution in [0.4, 0.5) is 9.59 Å². The fraction of sp³-hybridized carbons (Fsp3) is 0.571. The third kappa shape index (κ3) is 6.96. The van der Waals surface area contributed by atoms with Gasteiger partial charge in [-0.1, -0.05) is 30.3 Å². The molecule has 0 saturated carbocycles. The van der Waals surface area contributed by atoms with E-state index in [1.165, 1.54) is 0 Å². The van der Waals surface area contributed by atoms with Crippen molar-refractivity contribution < 1.29 is 29.0 Å². The second-order valence-electron chi connectivity index (χ2n) is 8.51. The van der Waals surface area contributed by atoms with Gasteiger partial charge in [-0.25, -0.2) is 9.59 Å². The van der Waals surface area contributed by atoms with Crippen molar-refractivity contribution in [1.29, 1.82) is 0 Å². The number of hydrogen-bond donors (Lipinski definition) is 2. The fourth-order valence-corrected chi connectivity index (χ4v) is 3.51. The van der Waals surface area contributed by atoms with E-state index in [0.717, 1.165) is 5.56 Å². The molecule has 0 spiro atoms. The summed E-state index contributed by atoms with van der Waals surface area (Å²) in [6.45, 7) is 7.56. The van der Waals surface area contributed by atoms with Crippen LogP contribution < -0.4 is 5.32 Å². The van der Waals surface area contributed by atoms with Crippen molar-refractivity contribution in [1.82, 2.24) is 10.2 Å². The number of carbonyl (C=O) groups excluding carboxylic acids is 2. The number of carboxylic acid groups (broad SMARTS) is 1. The van der Waals surface area contributed by atoms with Crippen molar-refractivity contribution in [2.45, 2.75) is 70.7 Å². The van der Waals surface area contributed by atoms with E-state index in [1.54, 1.807) is 25.7 Å². The van der Waals surface area contributed by atoms with Crippen molar-refractivity contribution in [3.05, 3.63) is 35.9 Å². The number of likely N-dealkylation sites (tertiary alicyclic amines) is 1. The van der Waals surface area contributed by atoms with Gasteiger partial charge in [0.1, 0.15) is 12.2 Å². The summed E-state index contributed by atoms with van der Waals surface area (Å²) in [6, 6.07) is 8.93. The number of piperidine rings is 1. The third-order valence-electron chi connectivity index (χ3n) is 4.75. The van der Waals surface area contributed by atoms with Crippen molar-refractivity contribution in [3.8, 4) is 0 Å². The van der Waals surface area contributed by atoms with E-state index in [9.17, 15) is 19.5 Å². The molecular weight excluding hydrogens is 376 g/mol. The molecule has 1 heterocycles. The monoisotopic (exact) mass is 406 g/mol. The molecule has 0 aliphatic carbocycles. The summed E-state index contributed by atoms with van der Waals surface area (Å²) >= 11 is 0. The smallest absolute Gasteiger partial charge is 0.410 e. The van der Waals surface area contributed by atoms with Gasteiger partial charge in [-0.05, 0) is 46.1 Å². The summed E-state index contributed by atoms with van der Waals surface area (Å²) in [5.41, 5.74) is -0.772. The number of alkyl carbamates (subject to hydrolysis) is 1. The van der Waals surface area contributed by atoms with Crippen LogP contribution in [0.1, 0.15) is 52.5 Å². The Bertz CT molecular complexity index is 730. The molecule has 160 valence electrons. The number of benzene rings is 1. The SMILES string of the molecule is CC1CC(CC(=O)O)(NC(=O)OCc2ccccc2)CCN1C(=O)OC(C)(C)C. The van der Waals surface area contributed by atoms with Gasteiger partial charge in [-0.15, -0.1) is 0 Å². The lowest BCUT2D eigenvalue weighted by Crippen LogP contribution is -2.60. The number of carbonyl (C=O) groups is 3. The molecule has 1 saturated heterocycles. The van der Waals surface area contributed by atoms with Crippen molar-refractivity contribution in [3.63, 3.8) is 0 Å². The lowest BCUT2D eigenvalue weighted by atomic mass is 9.81. The zero-order chi connectivity index (χ0) is 21.7. The molecule has 1 aliphatic rings. The van der Waals surface area contributed by atoms with Gasteiger partial charge in [-0.3, -0.25) is 4.79 Å². The maximum atomic E-state index is 12.4. The van der Waals surface area contributed by atoms with Crippen molar-refractivity contribution >= 4 is 18.2 Å². The summed E-state index contributed by atoms with van der Waals surface area (Å²) in [7, 11) is 0. The number of nitrogens with zero attached hydrogens (tertiary/aromatic N) is 1. The lowest BCUT2D eigenvalue weighted by Gasteiger charge is -2.45. The summed E-state index contributed by atoms with van der Waals surface area (Å²) < 4.78 is 10.7. The van der Waals surface area contributed by atoms with Gasteiger partial charge < -0.3 is 24.8 Å². The minimum Gasteiger partial charge on any atom is -0.481 e. The number of amides is 2. The Balaban J connectivity index is 2.02. The molecule has 2 rings (SSSR count). The van der Waals surface area contributed by atoms with Gasteiger partial charge >= 0.3 is 18.2 Å². The van der Waals surface area contributed by atoms with Crippen LogP contribution in [0.5, 0.6) is 0 Å². The molecule has 0 radical (unpaired) electrons. The first-order chi connectivity index (χ1) is 13.5. The molecule has 2 N–H and O–H groups in total. The van der Waals surface area contributed by atoms with Gasteiger partial charge in [0.05, 0.1) is 12.0 Å². The van der Waals surface area contributed by atoms with E-state index < -0.39 is 29.3 Å².